The zero-order valence-electron chi connectivity index (χ0n) is 18.1. The predicted octanol–water partition coefficient (Wildman–Crippen LogP) is 1.79. The van der Waals surface area contributed by atoms with E-state index < -0.39 is 11.6 Å². The van der Waals surface area contributed by atoms with Crippen molar-refractivity contribution in [3.05, 3.63) is 28.8 Å². The zero-order valence-corrected chi connectivity index (χ0v) is 18.1. The maximum atomic E-state index is 15.5. The third kappa shape index (κ3) is 4.17. The zero-order chi connectivity index (χ0) is 21.4. The molecule has 1 unspecified atom stereocenters. The Balaban J connectivity index is 1.28. The second-order valence-electron chi connectivity index (χ2n) is 9.46. The Morgan fingerprint density at radius 2 is 1.77 bits per heavy atom. The maximum Gasteiger partial charge on any atom is 0.255 e. The van der Waals surface area contributed by atoms with Crippen molar-refractivity contribution in [3.63, 3.8) is 0 Å². The van der Waals surface area contributed by atoms with Crippen molar-refractivity contribution >= 4 is 11.6 Å². The van der Waals surface area contributed by atoms with E-state index in [1.54, 1.807) is 4.90 Å². The minimum atomic E-state index is -0.611. The quantitative estimate of drug-likeness (QED) is 0.759. The van der Waals surface area contributed by atoms with Gasteiger partial charge in [0.05, 0.1) is 12.1 Å². The number of fused-ring (bicyclic) bond motifs is 1. The van der Waals surface area contributed by atoms with Crippen molar-refractivity contribution in [2.75, 3.05) is 63.8 Å². The topological polar surface area (TPSA) is 50.9 Å². The molecule has 1 amide bonds. The first kappa shape index (κ1) is 21.1. The lowest BCUT2D eigenvalue weighted by Gasteiger charge is -2.38. The van der Waals surface area contributed by atoms with Gasteiger partial charge in [0.25, 0.3) is 5.91 Å². The molecular weight excluding hydrogens is 400 g/mol. The molecule has 0 aliphatic carbocycles. The van der Waals surface area contributed by atoms with Crippen molar-refractivity contribution in [3.8, 4) is 0 Å². The third-order valence-corrected chi connectivity index (χ3v) is 7.49. The van der Waals surface area contributed by atoms with Crippen molar-refractivity contribution in [2.24, 2.45) is 5.92 Å². The Morgan fingerprint density at radius 3 is 2.48 bits per heavy atom. The first-order chi connectivity index (χ1) is 15.1. The Bertz CT molecular complexity index is 815. The van der Waals surface area contributed by atoms with E-state index in [0.717, 1.165) is 58.7 Å². The molecule has 170 valence electrons. The highest BCUT2D eigenvalue weighted by atomic mass is 19.1. The summed E-state index contributed by atoms with van der Waals surface area (Å²) < 4.78 is 30.5. The van der Waals surface area contributed by atoms with Crippen molar-refractivity contribution < 1.29 is 13.6 Å². The van der Waals surface area contributed by atoms with Gasteiger partial charge in [-0.2, -0.15) is 0 Å². The molecule has 0 spiro atoms. The van der Waals surface area contributed by atoms with E-state index >= 15 is 8.78 Å². The van der Waals surface area contributed by atoms with Crippen LogP contribution in [0.5, 0.6) is 0 Å². The predicted molar refractivity (Wildman–Crippen MR) is 116 cm³/mol. The number of hydrogen-bond donors (Lipinski definition) is 2. The molecule has 3 fully saturated rings. The van der Waals surface area contributed by atoms with Crippen molar-refractivity contribution in [1.29, 1.82) is 0 Å². The molecule has 0 aromatic heterocycles. The molecule has 4 aliphatic heterocycles. The van der Waals surface area contributed by atoms with Gasteiger partial charge in [-0.25, -0.2) is 8.78 Å². The standard InChI is InChI=1S/C23H33F2N5O/c24-20-12-18-19(15-30(23(18)31)17-2-1-5-27-13-17)21(25)22(20)29-10-8-28(9-11-29)14-16-3-6-26-7-4-16/h12,16-17,26-27H,1-11,13-15H2. The largest absolute Gasteiger partial charge is 0.364 e. The number of piperidine rings is 2. The van der Waals surface area contributed by atoms with E-state index in [4.69, 9.17) is 0 Å². The smallest absolute Gasteiger partial charge is 0.255 e. The van der Waals surface area contributed by atoms with Crippen LogP contribution in [0.2, 0.25) is 0 Å². The summed E-state index contributed by atoms with van der Waals surface area (Å²) in [6.07, 6.45) is 4.31. The molecule has 8 heteroatoms. The van der Waals surface area contributed by atoms with Gasteiger partial charge in [-0.15, -0.1) is 0 Å². The van der Waals surface area contributed by atoms with Crippen LogP contribution in [0.25, 0.3) is 0 Å². The molecule has 4 aliphatic rings. The van der Waals surface area contributed by atoms with E-state index in [-0.39, 0.29) is 29.7 Å². The van der Waals surface area contributed by atoms with Gasteiger partial charge >= 0.3 is 0 Å². The lowest BCUT2D eigenvalue weighted by Crippen LogP contribution is -2.49. The number of nitrogens with zero attached hydrogens (tertiary/aromatic N) is 3. The Morgan fingerprint density at radius 1 is 1.00 bits per heavy atom. The molecule has 3 saturated heterocycles. The van der Waals surface area contributed by atoms with Crippen LogP contribution in [-0.2, 0) is 6.54 Å². The maximum absolute atomic E-state index is 15.5. The number of benzene rings is 1. The van der Waals surface area contributed by atoms with Gasteiger partial charge in [-0.3, -0.25) is 9.69 Å². The van der Waals surface area contributed by atoms with Crippen molar-refractivity contribution in [2.45, 2.75) is 38.3 Å². The highest BCUT2D eigenvalue weighted by molar-refractivity contribution is 5.99. The molecule has 0 saturated carbocycles. The van der Waals surface area contributed by atoms with Crippen LogP contribution in [0.3, 0.4) is 0 Å². The normalized spacial score (nSPS) is 25.9. The number of rotatable bonds is 4. The number of piperazine rings is 1. The lowest BCUT2D eigenvalue weighted by molar-refractivity contribution is 0.0674. The van der Waals surface area contributed by atoms with Gasteiger partial charge in [0.1, 0.15) is 11.5 Å². The van der Waals surface area contributed by atoms with E-state index in [1.165, 1.54) is 18.9 Å². The van der Waals surface area contributed by atoms with E-state index in [9.17, 15) is 4.79 Å². The van der Waals surface area contributed by atoms with Gasteiger partial charge < -0.3 is 20.4 Å². The lowest BCUT2D eigenvalue weighted by atomic mass is 9.97. The molecule has 5 rings (SSSR count). The molecule has 1 aromatic rings. The van der Waals surface area contributed by atoms with Crippen LogP contribution in [0.1, 0.15) is 41.6 Å². The Labute approximate surface area is 182 Å². The molecule has 1 aromatic carbocycles. The number of amides is 1. The summed E-state index contributed by atoms with van der Waals surface area (Å²) in [5, 5.41) is 6.70. The summed E-state index contributed by atoms with van der Waals surface area (Å²) in [7, 11) is 0. The fourth-order valence-corrected chi connectivity index (χ4v) is 5.66. The average Bonchev–Trinajstić information content (AvgIpc) is 3.13. The Hall–Kier alpha value is -1.77. The molecular formula is C23H33F2N5O. The number of hydrogen-bond acceptors (Lipinski definition) is 5. The second kappa shape index (κ2) is 9.00. The highest BCUT2D eigenvalue weighted by Gasteiger charge is 2.38. The first-order valence-corrected chi connectivity index (χ1v) is 11.8. The van der Waals surface area contributed by atoms with Gasteiger partial charge in [0.15, 0.2) is 5.82 Å². The summed E-state index contributed by atoms with van der Waals surface area (Å²) in [6, 6.07) is 1.33. The summed E-state index contributed by atoms with van der Waals surface area (Å²) in [5.74, 6) is -0.672. The molecule has 1 atom stereocenters. The van der Waals surface area contributed by atoms with Crippen LogP contribution in [0.15, 0.2) is 6.07 Å². The van der Waals surface area contributed by atoms with Gasteiger partial charge in [-0.05, 0) is 57.3 Å². The minimum Gasteiger partial charge on any atom is -0.364 e. The van der Waals surface area contributed by atoms with Crippen LogP contribution < -0.4 is 15.5 Å². The average molecular weight is 434 g/mol. The van der Waals surface area contributed by atoms with E-state index in [2.05, 4.69) is 15.5 Å². The second-order valence-corrected chi connectivity index (χ2v) is 9.46. The van der Waals surface area contributed by atoms with Crippen LogP contribution in [0, 0.1) is 17.6 Å². The van der Waals surface area contributed by atoms with Crippen LogP contribution in [0.4, 0.5) is 14.5 Å². The Kier molecular flexibility index (Phi) is 6.12. The fourth-order valence-electron chi connectivity index (χ4n) is 5.66. The van der Waals surface area contributed by atoms with Crippen LogP contribution >= 0.6 is 0 Å². The third-order valence-electron chi connectivity index (χ3n) is 7.49. The van der Waals surface area contributed by atoms with E-state index in [0.29, 0.717) is 24.6 Å². The van der Waals surface area contributed by atoms with Gasteiger partial charge in [0.2, 0.25) is 0 Å². The SMILES string of the molecule is O=C1c2cc(F)c(N3CCN(CC4CCNCC4)CC3)c(F)c2CN1C1CCCNC1. The van der Waals surface area contributed by atoms with Gasteiger partial charge in [0, 0.05) is 50.9 Å². The first-order valence-electron chi connectivity index (χ1n) is 11.8. The monoisotopic (exact) mass is 433 g/mol. The number of nitrogens with one attached hydrogen (secondary N) is 2. The number of halogens is 2. The van der Waals surface area contributed by atoms with Crippen molar-refractivity contribution in [1.82, 2.24) is 20.4 Å². The molecule has 0 bridgehead atoms. The summed E-state index contributed by atoms with van der Waals surface area (Å²) in [6.45, 7) is 8.02. The van der Waals surface area contributed by atoms with Gasteiger partial charge in [-0.1, -0.05) is 0 Å². The molecule has 6 nitrogen and oxygen atoms in total. The highest BCUT2D eigenvalue weighted by Crippen LogP contribution is 2.36. The molecule has 2 N–H and O–H groups in total. The number of carbonyl (C=O) groups is 1. The van der Waals surface area contributed by atoms with Crippen LogP contribution in [-0.4, -0.2) is 80.7 Å². The summed E-state index contributed by atoms with van der Waals surface area (Å²) >= 11 is 0. The molecule has 31 heavy (non-hydrogen) atoms. The minimum absolute atomic E-state index is 0.0525. The number of carbonyl (C=O) groups excluding carboxylic acids is 1. The number of anilines is 1. The molecule has 0 radical (unpaired) electrons. The summed E-state index contributed by atoms with van der Waals surface area (Å²) in [5.41, 5.74) is 0.620. The van der Waals surface area contributed by atoms with E-state index in [1.807, 2.05) is 4.90 Å². The fraction of sp³-hybridized carbons (Fsp3) is 0.696. The summed E-state index contributed by atoms with van der Waals surface area (Å²) in [4.78, 5) is 18.8. The molecule has 4 heterocycles.